The third kappa shape index (κ3) is 3.79. The predicted molar refractivity (Wildman–Crippen MR) is 117 cm³/mol. The summed E-state index contributed by atoms with van der Waals surface area (Å²) in [6.45, 7) is 0.106. The van der Waals surface area contributed by atoms with E-state index in [1.165, 1.54) is 7.11 Å². The quantitative estimate of drug-likeness (QED) is 0.471. The first kappa shape index (κ1) is 21.6. The van der Waals surface area contributed by atoms with Crippen molar-refractivity contribution in [1.29, 1.82) is 0 Å². The number of nitrogens with zero attached hydrogens (tertiary/aromatic N) is 2. The maximum atomic E-state index is 14.7. The maximum Gasteiger partial charge on any atom is 0.315 e. The van der Waals surface area contributed by atoms with E-state index in [1.54, 1.807) is 10.9 Å². The summed E-state index contributed by atoms with van der Waals surface area (Å²) in [5.41, 5.74) is 1.20. The van der Waals surface area contributed by atoms with Crippen LogP contribution in [0.4, 0.5) is 13.6 Å². The van der Waals surface area contributed by atoms with Crippen LogP contribution in [0.15, 0.2) is 36.5 Å². The highest BCUT2D eigenvalue weighted by Crippen LogP contribution is 2.46. The molecule has 1 unspecified atom stereocenters. The van der Waals surface area contributed by atoms with Gasteiger partial charge in [0.25, 0.3) is 0 Å². The number of rotatable bonds is 5. The molecule has 8 nitrogen and oxygen atoms in total. The van der Waals surface area contributed by atoms with Crippen molar-refractivity contribution in [2.24, 2.45) is 7.05 Å². The Bertz CT molecular complexity index is 1200. The predicted octanol–water partition coefficient (Wildman–Crippen LogP) is 2.22. The van der Waals surface area contributed by atoms with Gasteiger partial charge in [-0.3, -0.25) is 10.00 Å². The van der Waals surface area contributed by atoms with Crippen LogP contribution in [0.25, 0.3) is 10.9 Å². The van der Waals surface area contributed by atoms with Crippen LogP contribution in [0.5, 0.6) is 5.75 Å². The molecule has 1 aliphatic heterocycles. The minimum atomic E-state index is -1.15. The zero-order valence-electron chi connectivity index (χ0n) is 18.2. The molecule has 2 aromatic carbocycles. The largest absolute Gasteiger partial charge is 0.497 e. The van der Waals surface area contributed by atoms with E-state index in [1.807, 2.05) is 25.2 Å². The minimum Gasteiger partial charge on any atom is -0.497 e. The lowest BCUT2D eigenvalue weighted by Gasteiger charge is -2.26. The Morgan fingerprint density at radius 3 is 2.67 bits per heavy atom. The number of hydrogen-bond acceptors (Lipinski definition) is 5. The van der Waals surface area contributed by atoms with Crippen LogP contribution < -0.4 is 20.7 Å². The number of amides is 2. The molecule has 1 aliphatic carbocycles. The molecule has 2 aliphatic rings. The summed E-state index contributed by atoms with van der Waals surface area (Å²) in [5.74, 6) is -2.31. The van der Waals surface area contributed by atoms with Crippen molar-refractivity contribution in [3.63, 3.8) is 0 Å². The highest BCUT2D eigenvalue weighted by Gasteiger charge is 2.47. The molecule has 3 aromatic rings. The number of aliphatic hydroxyl groups excluding tert-OH is 1. The van der Waals surface area contributed by atoms with Crippen molar-refractivity contribution < 1.29 is 23.4 Å². The number of carbonyl (C=O) groups excluding carboxylic acids is 1. The minimum absolute atomic E-state index is 0.0589. The smallest absolute Gasteiger partial charge is 0.315 e. The molecule has 1 saturated heterocycles. The second kappa shape index (κ2) is 7.96. The molecule has 10 heteroatoms. The van der Waals surface area contributed by atoms with Gasteiger partial charge in [0.2, 0.25) is 0 Å². The number of hydrogen-bond donors (Lipinski definition) is 4. The SMILES string of the molecule is COc1cc(F)c([C@@H]2CNC(O)[C@H]2NC(=O)NC2(c3ccc4cnn(C)c4c3)CC2)c(F)c1. The lowest BCUT2D eigenvalue weighted by molar-refractivity contribution is 0.126. The Kier molecular flexibility index (Phi) is 5.21. The van der Waals surface area contributed by atoms with Crippen molar-refractivity contribution in [2.75, 3.05) is 13.7 Å². The summed E-state index contributed by atoms with van der Waals surface area (Å²) in [7, 11) is 3.18. The summed E-state index contributed by atoms with van der Waals surface area (Å²) in [6, 6.07) is 6.69. The van der Waals surface area contributed by atoms with Gasteiger partial charge in [-0.1, -0.05) is 12.1 Å². The Morgan fingerprint density at radius 2 is 2.00 bits per heavy atom. The average Bonchev–Trinajstić information content (AvgIpc) is 3.36. The van der Waals surface area contributed by atoms with E-state index in [0.29, 0.717) is 0 Å². The summed E-state index contributed by atoms with van der Waals surface area (Å²) < 4.78 is 36.0. The Morgan fingerprint density at radius 1 is 1.27 bits per heavy atom. The zero-order valence-corrected chi connectivity index (χ0v) is 18.2. The number of aromatic nitrogens is 2. The first-order valence-electron chi connectivity index (χ1n) is 10.8. The number of fused-ring (bicyclic) bond motifs is 1. The Hall–Kier alpha value is -3.24. The second-order valence-electron chi connectivity index (χ2n) is 8.71. The molecule has 0 radical (unpaired) electrons. The van der Waals surface area contributed by atoms with E-state index in [0.717, 1.165) is 41.4 Å². The topological polar surface area (TPSA) is 100 Å². The highest BCUT2D eigenvalue weighted by atomic mass is 19.1. The van der Waals surface area contributed by atoms with Crippen LogP contribution in [0.3, 0.4) is 0 Å². The Labute approximate surface area is 188 Å². The standard InChI is InChI=1S/C23H25F2N5O3/c1-30-18-7-13(4-3-12(18)10-27-30)23(5-6-23)29-22(32)28-20-15(11-26-21(20)31)19-16(24)8-14(33-2)9-17(19)25/h3-4,7-10,15,20-21,26,31H,5-6,11H2,1-2H3,(H2,28,29,32)/t15-,20-,21?/m0/s1. The fraction of sp³-hybridized carbons (Fsp3) is 0.391. The van der Waals surface area contributed by atoms with E-state index in [4.69, 9.17) is 4.74 Å². The summed E-state index contributed by atoms with van der Waals surface area (Å²) >= 11 is 0. The molecule has 0 spiro atoms. The molecule has 1 aromatic heterocycles. The van der Waals surface area contributed by atoms with Crippen LogP contribution in [0, 0.1) is 11.6 Å². The van der Waals surface area contributed by atoms with Crippen molar-refractivity contribution >= 4 is 16.9 Å². The van der Waals surface area contributed by atoms with Crippen molar-refractivity contribution in [3.05, 3.63) is 59.3 Å². The van der Waals surface area contributed by atoms with Gasteiger partial charge >= 0.3 is 6.03 Å². The van der Waals surface area contributed by atoms with Gasteiger partial charge in [0.1, 0.15) is 23.6 Å². The molecular formula is C23H25F2N5O3. The van der Waals surface area contributed by atoms with Crippen LogP contribution in [0.1, 0.15) is 29.9 Å². The number of carbonyl (C=O) groups is 1. The van der Waals surface area contributed by atoms with Gasteiger partial charge in [0.05, 0.1) is 30.4 Å². The van der Waals surface area contributed by atoms with E-state index >= 15 is 0 Å². The number of aliphatic hydroxyl groups is 1. The van der Waals surface area contributed by atoms with E-state index in [2.05, 4.69) is 21.0 Å². The summed E-state index contributed by atoms with van der Waals surface area (Å²) in [6.07, 6.45) is 2.16. The van der Waals surface area contributed by atoms with Crippen LogP contribution >= 0.6 is 0 Å². The third-order valence-corrected chi connectivity index (χ3v) is 6.68. The van der Waals surface area contributed by atoms with Crippen molar-refractivity contribution in [1.82, 2.24) is 25.7 Å². The fourth-order valence-electron chi connectivity index (χ4n) is 4.67. The maximum absolute atomic E-state index is 14.7. The molecule has 2 amide bonds. The van der Waals surface area contributed by atoms with Crippen LogP contribution in [-0.2, 0) is 12.6 Å². The molecule has 4 N–H and O–H groups in total. The monoisotopic (exact) mass is 457 g/mol. The first-order valence-corrected chi connectivity index (χ1v) is 10.8. The van der Waals surface area contributed by atoms with Gasteiger partial charge < -0.3 is 20.5 Å². The number of benzene rings is 2. The van der Waals surface area contributed by atoms with Gasteiger partial charge in [-0.15, -0.1) is 0 Å². The van der Waals surface area contributed by atoms with Gasteiger partial charge in [0.15, 0.2) is 0 Å². The number of nitrogens with one attached hydrogen (secondary N) is 3. The zero-order chi connectivity index (χ0) is 23.3. The highest BCUT2D eigenvalue weighted by molar-refractivity contribution is 5.81. The van der Waals surface area contributed by atoms with Gasteiger partial charge in [-0.05, 0) is 24.5 Å². The van der Waals surface area contributed by atoms with Gasteiger partial charge in [0, 0.05) is 42.6 Å². The van der Waals surface area contributed by atoms with Gasteiger partial charge in [-0.25, -0.2) is 13.6 Å². The van der Waals surface area contributed by atoms with Crippen LogP contribution in [0.2, 0.25) is 0 Å². The molecule has 174 valence electrons. The number of aryl methyl sites for hydroxylation is 1. The van der Waals surface area contributed by atoms with E-state index in [-0.39, 0.29) is 17.9 Å². The molecule has 2 fully saturated rings. The average molecular weight is 457 g/mol. The number of halogens is 2. The molecule has 5 rings (SSSR count). The number of urea groups is 1. The first-order chi connectivity index (χ1) is 15.8. The lowest BCUT2D eigenvalue weighted by Crippen LogP contribution is -2.51. The van der Waals surface area contributed by atoms with Crippen molar-refractivity contribution in [2.45, 2.75) is 36.6 Å². The number of methoxy groups -OCH3 is 1. The summed E-state index contributed by atoms with van der Waals surface area (Å²) in [5, 5.41) is 24.1. The second-order valence-corrected chi connectivity index (χ2v) is 8.71. The number of ether oxygens (including phenoxy) is 1. The molecule has 33 heavy (non-hydrogen) atoms. The fourth-order valence-corrected chi connectivity index (χ4v) is 4.67. The van der Waals surface area contributed by atoms with Crippen molar-refractivity contribution in [3.8, 4) is 5.75 Å². The van der Waals surface area contributed by atoms with Gasteiger partial charge in [-0.2, -0.15) is 5.10 Å². The third-order valence-electron chi connectivity index (χ3n) is 6.68. The Balaban J connectivity index is 1.35. The normalized spacial score (nSPS) is 23.5. The lowest BCUT2D eigenvalue weighted by atomic mass is 9.92. The summed E-state index contributed by atoms with van der Waals surface area (Å²) in [4.78, 5) is 12.9. The molecular weight excluding hydrogens is 432 g/mol. The molecule has 3 atom stereocenters. The van der Waals surface area contributed by atoms with E-state index < -0.39 is 41.4 Å². The van der Waals surface area contributed by atoms with E-state index in [9.17, 15) is 18.7 Å². The molecule has 2 heterocycles. The molecule has 1 saturated carbocycles. The van der Waals surface area contributed by atoms with Crippen LogP contribution in [-0.4, -0.2) is 46.8 Å². The molecule has 0 bridgehead atoms.